The van der Waals surface area contributed by atoms with Crippen LogP contribution in [0, 0.1) is 0 Å². The number of ether oxygens (including phenoxy) is 2. The summed E-state index contributed by atoms with van der Waals surface area (Å²) < 4.78 is 33.8. The Morgan fingerprint density at radius 2 is 0.961 bits per heavy atom. The predicted molar refractivity (Wildman–Crippen MR) is 209 cm³/mol. The molecule has 0 aliphatic heterocycles. The zero-order valence-corrected chi connectivity index (χ0v) is 33.9. The normalized spacial score (nSPS) is 13.1. The van der Waals surface area contributed by atoms with Crippen LogP contribution in [0.2, 0.25) is 5.02 Å². The first-order valence-electron chi connectivity index (χ1n) is 20.5. The van der Waals surface area contributed by atoms with Crippen molar-refractivity contribution in [3.05, 3.63) is 29.3 Å². The van der Waals surface area contributed by atoms with Crippen LogP contribution >= 0.6 is 19.4 Å². The molecule has 0 saturated heterocycles. The maximum Gasteiger partial charge on any atom is 0.527 e. The molecule has 51 heavy (non-hydrogen) atoms. The maximum atomic E-state index is 12.7. The van der Waals surface area contributed by atoms with E-state index in [1.54, 1.807) is 0 Å². The highest BCUT2D eigenvalue weighted by atomic mass is 35.5. The van der Waals surface area contributed by atoms with E-state index < -0.39 is 26.5 Å². The summed E-state index contributed by atoms with van der Waals surface area (Å²) in [5.74, 6) is -0.740. The van der Waals surface area contributed by atoms with Gasteiger partial charge in [0.05, 0.1) is 0 Å². The molecule has 0 radical (unpaired) electrons. The summed E-state index contributed by atoms with van der Waals surface area (Å²) in [6.07, 6.45) is 31.0. The summed E-state index contributed by atoms with van der Waals surface area (Å²) in [6, 6.07) is 5.93. The third kappa shape index (κ3) is 30.6. The first-order chi connectivity index (χ1) is 24.8. The fourth-order valence-electron chi connectivity index (χ4n) is 6.03. The molecule has 1 aromatic carbocycles. The van der Waals surface area contributed by atoms with Gasteiger partial charge in [0.1, 0.15) is 19.0 Å². The molecule has 0 bridgehead atoms. The van der Waals surface area contributed by atoms with E-state index in [4.69, 9.17) is 30.1 Å². The minimum atomic E-state index is -4.54. The van der Waals surface area contributed by atoms with Crippen LogP contribution in [0.25, 0.3) is 0 Å². The average Bonchev–Trinajstić information content (AvgIpc) is 3.11. The first-order valence-corrected chi connectivity index (χ1v) is 22.4. The molecule has 0 aliphatic rings. The van der Waals surface area contributed by atoms with Gasteiger partial charge in [0.15, 0.2) is 6.10 Å². The number of carbonyl (C=O) groups excluding carboxylic acids is 2. The zero-order chi connectivity index (χ0) is 37.3. The largest absolute Gasteiger partial charge is 0.527 e. The van der Waals surface area contributed by atoms with Crippen LogP contribution in [0.3, 0.4) is 0 Å². The number of esters is 2. The summed E-state index contributed by atoms with van der Waals surface area (Å²) in [6.45, 7) is 3.77. The first kappa shape index (κ1) is 47.4. The molecule has 8 nitrogen and oxygen atoms in total. The van der Waals surface area contributed by atoms with Crippen molar-refractivity contribution in [3.63, 3.8) is 0 Å². The van der Waals surface area contributed by atoms with Gasteiger partial charge in [0.25, 0.3) is 0 Å². The minimum absolute atomic E-state index is 0.102. The highest BCUT2D eigenvalue weighted by Gasteiger charge is 2.27. The molecule has 0 amide bonds. The lowest BCUT2D eigenvalue weighted by Crippen LogP contribution is -2.29. The molecule has 0 aromatic heterocycles. The molecule has 1 aromatic rings. The Bertz CT molecular complexity index is 1020. The molecular weight excluding hydrogens is 687 g/mol. The van der Waals surface area contributed by atoms with Crippen LogP contribution in [0.5, 0.6) is 5.75 Å². The van der Waals surface area contributed by atoms with E-state index in [-0.39, 0.29) is 31.2 Å². The van der Waals surface area contributed by atoms with Crippen molar-refractivity contribution in [3.8, 4) is 5.75 Å². The zero-order valence-electron chi connectivity index (χ0n) is 32.2. The van der Waals surface area contributed by atoms with Gasteiger partial charge in [-0.25, -0.2) is 4.57 Å². The second-order valence-electron chi connectivity index (χ2n) is 14.1. The van der Waals surface area contributed by atoms with E-state index in [0.717, 1.165) is 38.5 Å². The van der Waals surface area contributed by atoms with Crippen molar-refractivity contribution in [1.29, 1.82) is 0 Å². The van der Waals surface area contributed by atoms with Gasteiger partial charge in [0.2, 0.25) is 0 Å². The lowest BCUT2D eigenvalue weighted by atomic mass is 10.0. The number of carbonyl (C=O) groups is 2. The average molecular weight is 759 g/mol. The second kappa shape index (κ2) is 33.0. The van der Waals surface area contributed by atoms with Gasteiger partial charge in [-0.1, -0.05) is 180 Å². The molecule has 0 spiro atoms. The van der Waals surface area contributed by atoms with Crippen LogP contribution in [0.1, 0.15) is 194 Å². The van der Waals surface area contributed by atoms with E-state index in [1.165, 1.54) is 146 Å². The van der Waals surface area contributed by atoms with Crippen LogP contribution in [0.15, 0.2) is 24.3 Å². The monoisotopic (exact) mass is 758 g/mol. The number of hydrogen-bond acceptors (Lipinski definition) is 7. The Balaban J connectivity index is 2.34. The van der Waals surface area contributed by atoms with Crippen LogP contribution in [-0.4, -0.2) is 36.1 Å². The Hall–Kier alpha value is -1.60. The fraction of sp³-hybridized carbons (Fsp3) is 0.805. The molecule has 0 saturated carbocycles. The highest BCUT2D eigenvalue weighted by molar-refractivity contribution is 7.47. The van der Waals surface area contributed by atoms with E-state index >= 15 is 0 Å². The molecule has 10 heteroatoms. The van der Waals surface area contributed by atoms with E-state index in [1.807, 2.05) is 0 Å². The van der Waals surface area contributed by atoms with E-state index in [2.05, 4.69) is 13.8 Å². The van der Waals surface area contributed by atoms with Gasteiger partial charge in [-0.3, -0.25) is 19.0 Å². The fourth-order valence-corrected chi connectivity index (χ4v) is 6.95. The molecule has 296 valence electrons. The SMILES string of the molecule is CCCCCCCCCCCCCCCC(=O)OC[C@H](COP(=O)(O)Oc1ccc(Cl)cc1)OC(=O)CCCCCCCCCCCCCCC. The standard InChI is InChI=1S/C41H72ClO8P/c1-3-5-7-9-11-13-15-17-19-21-23-25-27-29-40(43)47-35-39(36-48-51(45,46)50-38-33-31-37(42)32-34-38)49-41(44)30-28-26-24-22-20-18-16-14-12-10-8-6-4-2/h31-34,39H,3-30,35-36H2,1-2H3,(H,45,46)/t39-/m1/s1. The van der Waals surface area contributed by atoms with Gasteiger partial charge in [0, 0.05) is 17.9 Å². The second-order valence-corrected chi connectivity index (χ2v) is 15.9. The summed E-state index contributed by atoms with van der Waals surface area (Å²) in [5, 5.41) is 0.451. The highest BCUT2D eigenvalue weighted by Crippen LogP contribution is 2.44. The van der Waals surface area contributed by atoms with Gasteiger partial charge in [-0.15, -0.1) is 0 Å². The van der Waals surface area contributed by atoms with Crippen molar-refractivity contribution < 1.29 is 37.6 Å². The van der Waals surface area contributed by atoms with Gasteiger partial charge >= 0.3 is 19.8 Å². The Morgan fingerprint density at radius 3 is 1.37 bits per heavy atom. The molecule has 0 heterocycles. The van der Waals surface area contributed by atoms with Gasteiger partial charge in [-0.2, -0.15) is 0 Å². The Morgan fingerprint density at radius 1 is 0.588 bits per heavy atom. The molecule has 0 aliphatic carbocycles. The number of phosphoric ester groups is 1. The van der Waals surface area contributed by atoms with Crippen LogP contribution < -0.4 is 4.52 Å². The van der Waals surface area contributed by atoms with Gasteiger partial charge in [-0.05, 0) is 37.1 Å². The number of hydrogen-bond donors (Lipinski definition) is 1. The van der Waals surface area contributed by atoms with E-state index in [0.29, 0.717) is 11.4 Å². The topological polar surface area (TPSA) is 108 Å². The van der Waals surface area contributed by atoms with Crippen molar-refractivity contribution in [1.82, 2.24) is 0 Å². The lowest BCUT2D eigenvalue weighted by molar-refractivity contribution is -0.161. The Kier molecular flexibility index (Phi) is 30.7. The maximum absolute atomic E-state index is 12.7. The number of rotatable bonds is 36. The summed E-state index contributed by atoms with van der Waals surface area (Å²) in [7, 11) is -4.54. The predicted octanol–water partition coefficient (Wildman–Crippen LogP) is 13.3. The molecule has 0 fully saturated rings. The minimum Gasteiger partial charge on any atom is -0.462 e. The van der Waals surface area contributed by atoms with Gasteiger partial charge < -0.3 is 14.0 Å². The lowest BCUT2D eigenvalue weighted by Gasteiger charge is -2.20. The Labute approximate surface area is 316 Å². The number of unbranched alkanes of at least 4 members (excludes halogenated alkanes) is 24. The third-order valence-corrected chi connectivity index (χ3v) is 10.3. The van der Waals surface area contributed by atoms with Crippen molar-refractivity contribution in [2.75, 3.05) is 13.2 Å². The van der Waals surface area contributed by atoms with Crippen molar-refractivity contribution >= 4 is 31.4 Å². The van der Waals surface area contributed by atoms with Crippen LogP contribution in [0.4, 0.5) is 0 Å². The molecule has 1 rings (SSSR count). The summed E-state index contributed by atoms with van der Waals surface area (Å²) >= 11 is 5.88. The third-order valence-electron chi connectivity index (χ3n) is 9.16. The summed E-state index contributed by atoms with van der Waals surface area (Å²) in [5.41, 5.74) is 0. The number of halogens is 1. The van der Waals surface area contributed by atoms with E-state index in [9.17, 15) is 19.0 Å². The number of phosphoric acid groups is 1. The van der Waals surface area contributed by atoms with Crippen molar-refractivity contribution in [2.45, 2.75) is 200 Å². The number of benzene rings is 1. The van der Waals surface area contributed by atoms with Crippen molar-refractivity contribution in [2.24, 2.45) is 0 Å². The van der Waals surface area contributed by atoms with Crippen LogP contribution in [-0.2, 0) is 28.2 Å². The molecular formula is C41H72ClO8P. The quantitative estimate of drug-likeness (QED) is 0.0409. The smallest absolute Gasteiger partial charge is 0.462 e. The molecule has 2 atom stereocenters. The summed E-state index contributed by atoms with van der Waals surface area (Å²) in [4.78, 5) is 35.4. The molecule has 1 N–H and O–H groups in total. The molecule has 1 unspecified atom stereocenters.